The van der Waals surface area contributed by atoms with Crippen molar-refractivity contribution < 1.29 is 9.53 Å². The SMILES string of the molecule is COC(=O)c1ccc2nc(CSc3cc(N)nc(N)c3N=N)ccc2c1. The summed E-state index contributed by atoms with van der Waals surface area (Å²) in [6, 6.07) is 10.6. The number of methoxy groups -OCH3 is 1. The molecule has 3 rings (SSSR count). The molecule has 0 saturated heterocycles. The first-order valence-corrected chi connectivity index (χ1v) is 8.54. The number of carbonyl (C=O) groups is 1. The quantitative estimate of drug-likeness (QED) is 0.355. The van der Waals surface area contributed by atoms with Gasteiger partial charge in [-0.05, 0) is 30.3 Å². The molecule has 5 N–H and O–H groups in total. The Hall–Kier alpha value is -3.20. The van der Waals surface area contributed by atoms with Crippen LogP contribution in [0.4, 0.5) is 17.3 Å². The molecule has 9 heteroatoms. The van der Waals surface area contributed by atoms with E-state index in [9.17, 15) is 4.79 Å². The van der Waals surface area contributed by atoms with Crippen LogP contribution in [0.15, 0.2) is 46.4 Å². The van der Waals surface area contributed by atoms with Gasteiger partial charge in [-0.1, -0.05) is 6.07 Å². The van der Waals surface area contributed by atoms with Crippen molar-refractivity contribution >= 4 is 46.0 Å². The van der Waals surface area contributed by atoms with Crippen molar-refractivity contribution in [2.75, 3.05) is 18.6 Å². The van der Waals surface area contributed by atoms with Crippen LogP contribution in [0.25, 0.3) is 10.9 Å². The monoisotopic (exact) mass is 368 g/mol. The zero-order chi connectivity index (χ0) is 18.7. The summed E-state index contributed by atoms with van der Waals surface area (Å²) in [5.41, 5.74) is 21.1. The highest BCUT2D eigenvalue weighted by molar-refractivity contribution is 7.98. The van der Waals surface area contributed by atoms with Crippen LogP contribution in [0, 0.1) is 5.53 Å². The molecule has 0 aliphatic carbocycles. The van der Waals surface area contributed by atoms with E-state index in [0.29, 0.717) is 21.9 Å². The van der Waals surface area contributed by atoms with Crippen LogP contribution in [0.3, 0.4) is 0 Å². The summed E-state index contributed by atoms with van der Waals surface area (Å²) in [7, 11) is 1.35. The summed E-state index contributed by atoms with van der Waals surface area (Å²) in [5, 5.41) is 4.28. The number of nitrogens with zero attached hydrogens (tertiary/aromatic N) is 3. The van der Waals surface area contributed by atoms with E-state index in [0.717, 1.165) is 16.6 Å². The van der Waals surface area contributed by atoms with E-state index in [1.165, 1.54) is 18.9 Å². The van der Waals surface area contributed by atoms with E-state index in [2.05, 4.69) is 15.1 Å². The largest absolute Gasteiger partial charge is 0.465 e. The minimum Gasteiger partial charge on any atom is -0.465 e. The molecule has 0 bridgehead atoms. The van der Waals surface area contributed by atoms with Gasteiger partial charge in [0.05, 0.1) is 23.9 Å². The Morgan fingerprint density at radius 2 is 2.04 bits per heavy atom. The molecule has 0 atom stereocenters. The molecule has 0 aliphatic heterocycles. The van der Waals surface area contributed by atoms with Crippen LogP contribution in [0.2, 0.25) is 0 Å². The fraction of sp³-hybridized carbons (Fsp3) is 0.118. The molecule has 0 unspecified atom stereocenters. The number of nitrogens with two attached hydrogens (primary N) is 2. The highest BCUT2D eigenvalue weighted by Crippen LogP contribution is 2.36. The number of nitrogen functional groups attached to an aromatic ring is 2. The van der Waals surface area contributed by atoms with Crippen molar-refractivity contribution in [2.45, 2.75) is 10.6 Å². The van der Waals surface area contributed by atoms with Gasteiger partial charge in [-0.2, -0.15) is 5.11 Å². The molecule has 2 heterocycles. The molecule has 8 nitrogen and oxygen atoms in total. The van der Waals surface area contributed by atoms with Gasteiger partial charge in [0, 0.05) is 16.0 Å². The van der Waals surface area contributed by atoms with E-state index >= 15 is 0 Å². The molecule has 0 aliphatic rings. The number of pyridine rings is 2. The number of fused-ring (bicyclic) bond motifs is 1. The summed E-state index contributed by atoms with van der Waals surface area (Å²) >= 11 is 1.42. The summed E-state index contributed by atoms with van der Waals surface area (Å²) < 4.78 is 4.73. The molecular formula is C17H16N6O2S. The predicted octanol–water partition coefficient (Wildman–Crippen LogP) is 3.54. The topological polar surface area (TPSA) is 140 Å². The smallest absolute Gasteiger partial charge is 0.337 e. The van der Waals surface area contributed by atoms with Crippen LogP contribution in [-0.2, 0) is 10.5 Å². The predicted molar refractivity (Wildman–Crippen MR) is 101 cm³/mol. The van der Waals surface area contributed by atoms with E-state index in [1.807, 2.05) is 12.1 Å². The van der Waals surface area contributed by atoms with Gasteiger partial charge in [0.25, 0.3) is 0 Å². The fourth-order valence-electron chi connectivity index (χ4n) is 2.42. The second kappa shape index (κ2) is 7.36. The average Bonchev–Trinajstić information content (AvgIpc) is 2.64. The first kappa shape index (κ1) is 17.6. The summed E-state index contributed by atoms with van der Waals surface area (Å²) in [6.45, 7) is 0. The van der Waals surface area contributed by atoms with E-state index in [1.54, 1.807) is 24.3 Å². The Kier molecular flexibility index (Phi) is 4.99. The van der Waals surface area contributed by atoms with Crippen molar-refractivity contribution in [3.8, 4) is 0 Å². The van der Waals surface area contributed by atoms with E-state index in [4.69, 9.17) is 21.7 Å². The van der Waals surface area contributed by atoms with Gasteiger partial charge in [-0.25, -0.2) is 15.3 Å². The van der Waals surface area contributed by atoms with Gasteiger partial charge in [-0.15, -0.1) is 11.8 Å². The molecule has 26 heavy (non-hydrogen) atoms. The average molecular weight is 368 g/mol. The van der Waals surface area contributed by atoms with E-state index < -0.39 is 0 Å². The van der Waals surface area contributed by atoms with Crippen molar-refractivity contribution in [2.24, 2.45) is 5.11 Å². The molecule has 0 saturated carbocycles. The number of aromatic nitrogens is 2. The number of anilines is 2. The zero-order valence-corrected chi connectivity index (χ0v) is 14.7. The lowest BCUT2D eigenvalue weighted by atomic mass is 10.1. The van der Waals surface area contributed by atoms with Crippen LogP contribution in [0.1, 0.15) is 16.1 Å². The summed E-state index contributed by atoms with van der Waals surface area (Å²) in [4.78, 5) is 20.8. The normalized spacial score (nSPS) is 10.7. The Morgan fingerprint density at radius 3 is 2.77 bits per heavy atom. The highest BCUT2D eigenvalue weighted by Gasteiger charge is 2.11. The maximum atomic E-state index is 11.6. The van der Waals surface area contributed by atoms with Gasteiger partial charge >= 0.3 is 5.97 Å². The second-order valence-corrected chi connectivity index (χ2v) is 6.40. The summed E-state index contributed by atoms with van der Waals surface area (Å²) in [6.07, 6.45) is 0. The molecule has 1 aromatic carbocycles. The van der Waals surface area contributed by atoms with Crippen LogP contribution < -0.4 is 11.5 Å². The van der Waals surface area contributed by atoms with Crippen LogP contribution >= 0.6 is 11.8 Å². The third-order valence-corrected chi connectivity index (χ3v) is 4.72. The molecule has 0 spiro atoms. The minimum atomic E-state index is -0.383. The maximum Gasteiger partial charge on any atom is 0.337 e. The Bertz CT molecular complexity index is 1010. The Morgan fingerprint density at radius 1 is 1.23 bits per heavy atom. The van der Waals surface area contributed by atoms with Gasteiger partial charge in [-0.3, -0.25) is 4.98 Å². The lowest BCUT2D eigenvalue weighted by Gasteiger charge is -2.08. The van der Waals surface area contributed by atoms with Crippen LogP contribution in [-0.4, -0.2) is 23.0 Å². The van der Waals surface area contributed by atoms with Crippen molar-refractivity contribution in [3.63, 3.8) is 0 Å². The zero-order valence-electron chi connectivity index (χ0n) is 13.9. The Labute approximate surface area is 153 Å². The molecule has 0 radical (unpaired) electrons. The molecular weight excluding hydrogens is 352 g/mol. The molecule has 2 aromatic heterocycles. The molecule has 0 fully saturated rings. The standard InChI is InChI=1S/C17H16N6O2S/c1-25-17(24)10-3-5-12-9(6-10)2-4-11(21-12)8-26-13-7-14(18)22-16(19)15(13)23-20/h2-7,20H,8H2,1H3,(H4,18,19,22). The van der Waals surface area contributed by atoms with Crippen molar-refractivity contribution in [1.82, 2.24) is 9.97 Å². The number of hydrogen-bond donors (Lipinski definition) is 3. The molecule has 3 aromatic rings. The third-order valence-electron chi connectivity index (χ3n) is 3.66. The lowest BCUT2D eigenvalue weighted by molar-refractivity contribution is 0.0601. The molecule has 0 amide bonds. The van der Waals surface area contributed by atoms with E-state index in [-0.39, 0.29) is 17.6 Å². The number of thioether (sulfide) groups is 1. The summed E-state index contributed by atoms with van der Waals surface area (Å²) in [5.74, 6) is 0.565. The highest BCUT2D eigenvalue weighted by atomic mass is 32.2. The maximum absolute atomic E-state index is 11.6. The van der Waals surface area contributed by atoms with Crippen molar-refractivity contribution in [3.05, 3.63) is 47.7 Å². The van der Waals surface area contributed by atoms with Crippen molar-refractivity contribution in [1.29, 1.82) is 5.53 Å². The van der Waals surface area contributed by atoms with Gasteiger partial charge in [0.15, 0.2) is 5.82 Å². The fourth-order valence-corrected chi connectivity index (χ4v) is 3.38. The number of esters is 1. The van der Waals surface area contributed by atoms with Gasteiger partial charge in [0.2, 0.25) is 0 Å². The molecule has 132 valence electrons. The van der Waals surface area contributed by atoms with Gasteiger partial charge < -0.3 is 16.2 Å². The number of carbonyl (C=O) groups excluding carboxylic acids is 1. The Balaban J connectivity index is 1.84. The number of rotatable bonds is 5. The minimum absolute atomic E-state index is 0.129. The third kappa shape index (κ3) is 3.57. The first-order chi connectivity index (χ1) is 12.5. The lowest BCUT2D eigenvalue weighted by Crippen LogP contribution is -2.01. The first-order valence-electron chi connectivity index (χ1n) is 7.56. The van der Waals surface area contributed by atoms with Crippen LogP contribution in [0.5, 0.6) is 0 Å². The number of benzene rings is 1. The number of hydrogen-bond acceptors (Lipinski definition) is 9. The van der Waals surface area contributed by atoms with Gasteiger partial charge in [0.1, 0.15) is 11.5 Å². The number of ether oxygens (including phenoxy) is 1. The number of nitrogens with one attached hydrogen (secondary N) is 1. The second-order valence-electron chi connectivity index (χ2n) is 5.38.